The molecule has 0 aromatic carbocycles. The van der Waals surface area contributed by atoms with E-state index in [0.29, 0.717) is 46.3 Å². The van der Waals surface area contributed by atoms with Crippen LogP contribution in [-0.4, -0.2) is 99.1 Å². The number of carbonyl (C=O) groups is 4. The normalized spacial score (nSPS) is 19.4. The van der Waals surface area contributed by atoms with E-state index in [1.54, 1.807) is 19.1 Å². The first kappa shape index (κ1) is 49.7. The molecular formula is C38H42N6NaO10Sn+. The van der Waals surface area contributed by atoms with Gasteiger partial charge in [0, 0.05) is 40.8 Å². The van der Waals surface area contributed by atoms with Crippen molar-refractivity contribution in [2.45, 2.75) is 60.3 Å². The number of rotatable bonds is 11. The minimum Gasteiger partial charge on any atom is -0.883 e. The molecule has 1 fully saturated rings. The fourth-order valence-electron chi connectivity index (χ4n) is 6.94. The molecule has 2 atom stereocenters. The van der Waals surface area contributed by atoms with Gasteiger partial charge in [0.05, 0.1) is 47.2 Å². The van der Waals surface area contributed by atoms with Gasteiger partial charge < -0.3 is 47.3 Å². The summed E-state index contributed by atoms with van der Waals surface area (Å²) in [6.07, 6.45) is 7.30. The van der Waals surface area contributed by atoms with E-state index in [9.17, 15) is 34.5 Å². The van der Waals surface area contributed by atoms with Gasteiger partial charge in [-0.1, -0.05) is 26.5 Å². The Kier molecular flexibility index (Phi) is 18.4. The van der Waals surface area contributed by atoms with Crippen LogP contribution in [0.3, 0.4) is 0 Å². The minimum atomic E-state index is -1.52. The molecule has 5 rings (SSSR count). The number of amides is 2. The first-order chi connectivity index (χ1) is 24.6. The van der Waals surface area contributed by atoms with Crippen molar-refractivity contribution in [3.63, 3.8) is 0 Å². The predicted molar refractivity (Wildman–Crippen MR) is 200 cm³/mol. The molecule has 0 radical (unpaired) electrons. The van der Waals surface area contributed by atoms with Crippen molar-refractivity contribution in [1.29, 1.82) is 0 Å². The van der Waals surface area contributed by atoms with E-state index < -0.39 is 55.1 Å². The predicted octanol–water partition coefficient (Wildman–Crippen LogP) is -1.60. The van der Waals surface area contributed by atoms with Gasteiger partial charge in [0.1, 0.15) is 6.54 Å². The molecule has 16 nitrogen and oxygen atoms in total. The Balaban J connectivity index is 0.00000392. The largest absolute Gasteiger partial charge is 4.00 e. The number of allylic oxidation sites excluding steroid dienone is 11. The maximum absolute atomic E-state index is 13.5. The van der Waals surface area contributed by atoms with Gasteiger partial charge in [0.2, 0.25) is 11.8 Å². The number of hydrogen-bond acceptors (Lipinski definition) is 12. The monoisotopic (exact) mass is 885 g/mol. The van der Waals surface area contributed by atoms with E-state index >= 15 is 0 Å². The van der Waals surface area contributed by atoms with Crippen molar-refractivity contribution in [3.05, 3.63) is 104 Å². The first-order valence-electron chi connectivity index (χ1n) is 16.9. The molecular weight excluding hydrogens is 842 g/mol. The van der Waals surface area contributed by atoms with Crippen LogP contribution >= 0.6 is 0 Å². The molecule has 8 bridgehead atoms. The molecule has 0 aromatic heterocycles. The number of aliphatic imine (C=N–C) groups is 3. The minimum absolute atomic E-state index is 0. The molecule has 56 heavy (non-hydrogen) atoms. The van der Waals surface area contributed by atoms with Gasteiger partial charge in [-0.05, 0) is 79.7 Å². The number of carboxylic acid groups (broad SMARTS) is 2. The van der Waals surface area contributed by atoms with Crippen molar-refractivity contribution in [1.82, 2.24) is 16.0 Å². The van der Waals surface area contributed by atoms with Crippen LogP contribution in [0.5, 0.6) is 0 Å². The van der Waals surface area contributed by atoms with Crippen LogP contribution in [0.4, 0.5) is 0 Å². The van der Waals surface area contributed by atoms with Crippen molar-refractivity contribution in [2.75, 3.05) is 13.1 Å². The van der Waals surface area contributed by atoms with Crippen molar-refractivity contribution in [3.8, 4) is 0 Å². The van der Waals surface area contributed by atoms with Crippen LogP contribution in [0, 0.1) is 11.8 Å². The Morgan fingerprint density at radius 2 is 1.50 bits per heavy atom. The van der Waals surface area contributed by atoms with E-state index in [2.05, 4.69) is 22.5 Å². The second-order valence-corrected chi connectivity index (χ2v) is 13.0. The maximum Gasteiger partial charge on any atom is 4.00 e. The Labute approximate surface area is 363 Å². The number of aliphatic carboxylic acids is 2. The van der Waals surface area contributed by atoms with Crippen LogP contribution in [0.25, 0.3) is 0 Å². The zero-order valence-corrected chi connectivity index (χ0v) is 36.8. The fourth-order valence-corrected chi connectivity index (χ4v) is 6.94. The van der Waals surface area contributed by atoms with E-state index in [0.717, 1.165) is 22.3 Å². The number of carbonyl (C=O) groups excluding carboxylic acids is 2. The second kappa shape index (κ2) is 20.7. The SMILES string of the molecule is C=CC1=C(C)C2=NC1=CC1=NC(=CC3=C(C)C(=C([O-])[O-])C(=N3)C(CC(=O)NCC(=O)NCC(=O)O)=C3NC(=C2)[C@@H](C)[C@@H]3CCC(=O)O)C(CC)=C1C.[Na+].[OH-].[OH-].[Sn+4]. The van der Waals surface area contributed by atoms with Crippen molar-refractivity contribution < 1.29 is 80.1 Å². The van der Waals surface area contributed by atoms with Gasteiger partial charge in [-0.25, -0.2) is 15.0 Å². The summed E-state index contributed by atoms with van der Waals surface area (Å²) in [5.41, 5.74) is 7.68. The summed E-state index contributed by atoms with van der Waals surface area (Å²) in [5, 5.41) is 52.3. The number of fused-ring (bicyclic) bond motifs is 5. The van der Waals surface area contributed by atoms with Gasteiger partial charge in [0.15, 0.2) is 0 Å². The average Bonchev–Trinajstić information content (AvgIpc) is 3.77. The van der Waals surface area contributed by atoms with Crippen LogP contribution in [-0.2, 0) is 19.2 Å². The van der Waals surface area contributed by atoms with Crippen molar-refractivity contribution in [2.24, 2.45) is 26.8 Å². The van der Waals surface area contributed by atoms with Crippen LogP contribution < -0.4 is 55.7 Å². The summed E-state index contributed by atoms with van der Waals surface area (Å²) in [7, 11) is 0. The molecule has 5 aliphatic rings. The fraction of sp³-hybridized carbons (Fsp3) is 0.342. The Bertz CT molecular complexity index is 2060. The van der Waals surface area contributed by atoms with Crippen LogP contribution in [0.2, 0.25) is 0 Å². The van der Waals surface area contributed by atoms with Gasteiger partial charge in [0.25, 0.3) is 0 Å². The summed E-state index contributed by atoms with van der Waals surface area (Å²) in [4.78, 5) is 63.1. The third-order valence-electron chi connectivity index (χ3n) is 9.77. The molecule has 2 amide bonds. The van der Waals surface area contributed by atoms with Gasteiger partial charge in [-0.15, -0.1) is 0 Å². The molecule has 0 saturated carbocycles. The summed E-state index contributed by atoms with van der Waals surface area (Å²) < 4.78 is 0. The van der Waals surface area contributed by atoms with Gasteiger partial charge in [-0.2, -0.15) is 5.95 Å². The molecule has 7 N–H and O–H groups in total. The number of nitrogens with one attached hydrogen (secondary N) is 3. The maximum atomic E-state index is 13.5. The number of carboxylic acids is 2. The number of hydrogen-bond donors (Lipinski definition) is 5. The van der Waals surface area contributed by atoms with E-state index in [-0.39, 0.29) is 106 Å². The quantitative estimate of drug-likeness (QED) is 0.116. The Morgan fingerprint density at radius 3 is 2.09 bits per heavy atom. The van der Waals surface area contributed by atoms with E-state index in [4.69, 9.17) is 20.1 Å². The molecule has 0 unspecified atom stereocenters. The first-order valence-corrected chi connectivity index (χ1v) is 16.9. The molecule has 0 spiro atoms. The Hall–Kier alpha value is -4.33. The molecule has 1 saturated heterocycles. The molecule has 288 valence electrons. The van der Waals surface area contributed by atoms with Crippen molar-refractivity contribution >= 4 is 64.8 Å². The van der Waals surface area contributed by atoms with Gasteiger partial charge in [-0.3, -0.25) is 19.2 Å². The topological polar surface area (TPSA) is 288 Å². The molecule has 0 aromatic rings. The summed E-state index contributed by atoms with van der Waals surface area (Å²) in [5.74, 6) is -6.09. The molecule has 5 heterocycles. The zero-order valence-electron chi connectivity index (χ0n) is 32.0. The molecule has 18 heteroatoms. The zero-order chi connectivity index (χ0) is 38.0. The average molecular weight is 884 g/mol. The van der Waals surface area contributed by atoms with Crippen LogP contribution in [0.1, 0.15) is 60.3 Å². The Morgan fingerprint density at radius 1 is 0.875 bits per heavy atom. The van der Waals surface area contributed by atoms with Gasteiger partial charge >= 0.3 is 65.4 Å². The molecule has 0 aliphatic carbocycles. The standard InChI is InChI=1S/C38H42N6O8.Na.2H2O.Sn/c1-7-21-17(3)25-12-27-19(5)23(9-10-33(47)48)36(43-27)24(11-31(45)39-15-32(46)40-16-34(49)50)37-35(38(51)52)20(6)28(44-37)14-30-22(8-2)18(4)26(42-30)13-29(21)41-25;;;;/h7,12-14,19,23,43,51-52H,1,8-11,15-16H2,2-6H3,(H,39,45)(H,40,46)(H,47,48)(H,49,50);;2*1H2;/q;+1;;;+4/p-4/t19-,23-;;;;/m0..../s1. The second-order valence-electron chi connectivity index (χ2n) is 13.0. The van der Waals surface area contributed by atoms with Crippen LogP contribution in [0.15, 0.2) is 119 Å². The summed E-state index contributed by atoms with van der Waals surface area (Å²) in [6, 6.07) is 0. The smallest absolute Gasteiger partial charge is 0.883 e. The summed E-state index contributed by atoms with van der Waals surface area (Å²) >= 11 is 0. The third-order valence-corrected chi connectivity index (χ3v) is 9.77. The number of nitrogens with zero attached hydrogens (tertiary/aromatic N) is 3. The third kappa shape index (κ3) is 10.3. The van der Waals surface area contributed by atoms with E-state index in [1.807, 2.05) is 39.8 Å². The summed E-state index contributed by atoms with van der Waals surface area (Å²) in [6.45, 7) is 12.2. The van der Waals surface area contributed by atoms with E-state index in [1.165, 1.54) is 0 Å². The molecule has 5 aliphatic heterocycles.